The fourth-order valence-electron chi connectivity index (χ4n) is 1.48. The first kappa shape index (κ1) is 13.9. The van der Waals surface area contributed by atoms with Gasteiger partial charge in [0.25, 0.3) is 0 Å². The van der Waals surface area contributed by atoms with Crippen molar-refractivity contribution in [2.24, 2.45) is 0 Å². The van der Waals surface area contributed by atoms with Crippen LogP contribution in [0.25, 0.3) is 0 Å². The van der Waals surface area contributed by atoms with Crippen molar-refractivity contribution in [3.05, 3.63) is 23.8 Å². The zero-order chi connectivity index (χ0) is 12.7. The van der Waals surface area contributed by atoms with E-state index in [4.69, 9.17) is 10.8 Å². The number of hydrogen-bond donors (Lipinski definition) is 2. The molecular formula is C13H19NO2S. The summed E-state index contributed by atoms with van der Waals surface area (Å²) in [7, 11) is 0. The summed E-state index contributed by atoms with van der Waals surface area (Å²) in [6, 6.07) is 6.06. The fourth-order valence-corrected chi connectivity index (χ4v) is 2.49. The van der Waals surface area contributed by atoms with Crippen LogP contribution >= 0.6 is 11.8 Å². The number of aryl methyl sites for hydroxylation is 1. The Morgan fingerprint density at radius 2 is 2.12 bits per heavy atom. The Hall–Kier alpha value is -1.16. The van der Waals surface area contributed by atoms with Crippen LogP contribution < -0.4 is 5.73 Å². The van der Waals surface area contributed by atoms with Crippen molar-refractivity contribution in [3.63, 3.8) is 0 Å². The van der Waals surface area contributed by atoms with E-state index in [1.165, 1.54) is 4.90 Å². The first-order valence-corrected chi connectivity index (χ1v) is 6.79. The SMILES string of the molecule is Cc1cc(SCCCCCC(=O)O)ccc1N. The van der Waals surface area contributed by atoms with E-state index < -0.39 is 5.97 Å². The van der Waals surface area contributed by atoms with Crippen LogP contribution in [-0.4, -0.2) is 16.8 Å². The number of nitrogen functional groups attached to an aromatic ring is 1. The zero-order valence-corrected chi connectivity index (χ0v) is 10.9. The number of benzene rings is 1. The highest BCUT2D eigenvalue weighted by Gasteiger charge is 1.99. The molecule has 3 nitrogen and oxygen atoms in total. The van der Waals surface area contributed by atoms with Gasteiger partial charge in [-0.2, -0.15) is 0 Å². The van der Waals surface area contributed by atoms with Crippen LogP contribution in [0.4, 0.5) is 5.69 Å². The topological polar surface area (TPSA) is 63.3 Å². The molecule has 3 N–H and O–H groups in total. The number of anilines is 1. The highest BCUT2D eigenvalue weighted by molar-refractivity contribution is 7.99. The molecule has 0 saturated carbocycles. The summed E-state index contributed by atoms with van der Waals surface area (Å²) >= 11 is 1.80. The summed E-state index contributed by atoms with van der Waals surface area (Å²) in [5.74, 6) is 0.329. The summed E-state index contributed by atoms with van der Waals surface area (Å²) < 4.78 is 0. The summed E-state index contributed by atoms with van der Waals surface area (Å²) in [5, 5.41) is 8.49. The third kappa shape index (κ3) is 5.63. The third-order valence-corrected chi connectivity index (χ3v) is 3.63. The van der Waals surface area contributed by atoms with E-state index in [0.717, 1.165) is 36.3 Å². The summed E-state index contributed by atoms with van der Waals surface area (Å²) in [6.07, 6.45) is 3.09. The van der Waals surface area contributed by atoms with Gasteiger partial charge in [-0.15, -0.1) is 11.8 Å². The van der Waals surface area contributed by atoms with Gasteiger partial charge < -0.3 is 10.8 Å². The van der Waals surface area contributed by atoms with Crippen molar-refractivity contribution < 1.29 is 9.90 Å². The molecule has 0 aliphatic heterocycles. The Morgan fingerprint density at radius 1 is 1.35 bits per heavy atom. The molecular weight excluding hydrogens is 234 g/mol. The zero-order valence-electron chi connectivity index (χ0n) is 10.1. The number of rotatable bonds is 7. The van der Waals surface area contributed by atoms with Crippen molar-refractivity contribution in [2.45, 2.75) is 37.5 Å². The number of unbranched alkanes of at least 4 members (excludes halogenated alkanes) is 2. The minimum Gasteiger partial charge on any atom is -0.481 e. The van der Waals surface area contributed by atoms with E-state index in [2.05, 4.69) is 6.07 Å². The maximum absolute atomic E-state index is 10.3. The molecule has 94 valence electrons. The molecule has 0 aromatic heterocycles. The molecule has 1 aromatic rings. The Labute approximate surface area is 106 Å². The van der Waals surface area contributed by atoms with Crippen LogP contribution in [-0.2, 0) is 4.79 Å². The lowest BCUT2D eigenvalue weighted by molar-refractivity contribution is -0.137. The highest BCUT2D eigenvalue weighted by atomic mass is 32.2. The quantitative estimate of drug-likeness (QED) is 0.444. The van der Waals surface area contributed by atoms with Gasteiger partial charge >= 0.3 is 5.97 Å². The lowest BCUT2D eigenvalue weighted by Crippen LogP contribution is -1.94. The molecule has 17 heavy (non-hydrogen) atoms. The van der Waals surface area contributed by atoms with Gasteiger partial charge in [-0.3, -0.25) is 4.79 Å². The van der Waals surface area contributed by atoms with Crippen LogP contribution in [0.2, 0.25) is 0 Å². The van der Waals surface area contributed by atoms with Gasteiger partial charge in [0.05, 0.1) is 0 Å². The van der Waals surface area contributed by atoms with Crippen LogP contribution in [0.5, 0.6) is 0 Å². The van der Waals surface area contributed by atoms with Gasteiger partial charge in [0.15, 0.2) is 0 Å². The average Bonchev–Trinajstić information content (AvgIpc) is 2.27. The maximum atomic E-state index is 10.3. The fraction of sp³-hybridized carbons (Fsp3) is 0.462. The Bertz CT molecular complexity index is 380. The van der Waals surface area contributed by atoms with Crippen molar-refractivity contribution in [3.8, 4) is 0 Å². The minimum absolute atomic E-state index is 0.283. The second-order valence-corrected chi connectivity index (χ2v) is 5.24. The minimum atomic E-state index is -0.702. The predicted octanol–water partition coefficient (Wildman–Crippen LogP) is 3.31. The smallest absolute Gasteiger partial charge is 0.303 e. The molecule has 0 atom stereocenters. The number of aliphatic carboxylic acids is 1. The molecule has 0 radical (unpaired) electrons. The Balaban J connectivity index is 2.18. The van der Waals surface area contributed by atoms with Gasteiger partial charge in [0, 0.05) is 17.0 Å². The number of carboxylic acid groups (broad SMARTS) is 1. The Morgan fingerprint density at radius 3 is 2.76 bits per heavy atom. The number of carbonyl (C=O) groups is 1. The molecule has 0 aliphatic rings. The highest BCUT2D eigenvalue weighted by Crippen LogP contribution is 2.23. The van der Waals surface area contributed by atoms with E-state index >= 15 is 0 Å². The standard InChI is InChI=1S/C13H19NO2S/c1-10-9-11(6-7-12(10)14)17-8-4-2-3-5-13(15)16/h6-7,9H,2-5,8,14H2,1H3,(H,15,16). The first-order valence-electron chi connectivity index (χ1n) is 5.80. The van der Waals surface area contributed by atoms with Crippen molar-refractivity contribution >= 4 is 23.4 Å². The predicted molar refractivity (Wildman–Crippen MR) is 72.4 cm³/mol. The number of nitrogens with two attached hydrogens (primary N) is 1. The molecule has 0 fully saturated rings. The monoisotopic (exact) mass is 253 g/mol. The van der Waals surface area contributed by atoms with Crippen LogP contribution in [0.1, 0.15) is 31.2 Å². The van der Waals surface area contributed by atoms with E-state index in [1.54, 1.807) is 11.8 Å². The lowest BCUT2D eigenvalue weighted by Gasteiger charge is -2.04. The summed E-state index contributed by atoms with van der Waals surface area (Å²) in [6.45, 7) is 2.01. The van der Waals surface area contributed by atoms with Crippen LogP contribution in [0.15, 0.2) is 23.1 Å². The van der Waals surface area contributed by atoms with Crippen molar-refractivity contribution in [2.75, 3.05) is 11.5 Å². The van der Waals surface area contributed by atoms with Gasteiger partial charge in [-0.05, 0) is 49.3 Å². The van der Waals surface area contributed by atoms with Gasteiger partial charge in [-0.25, -0.2) is 0 Å². The number of thioether (sulfide) groups is 1. The van der Waals surface area contributed by atoms with E-state index in [0.29, 0.717) is 0 Å². The Kier molecular flexibility index (Phi) is 5.91. The largest absolute Gasteiger partial charge is 0.481 e. The summed E-state index contributed by atoms with van der Waals surface area (Å²) in [5.41, 5.74) is 7.69. The summed E-state index contributed by atoms with van der Waals surface area (Å²) in [4.78, 5) is 11.5. The third-order valence-electron chi connectivity index (χ3n) is 2.54. The molecule has 0 bridgehead atoms. The molecule has 0 spiro atoms. The average molecular weight is 253 g/mol. The molecule has 0 saturated heterocycles. The molecule has 1 aromatic carbocycles. The van der Waals surface area contributed by atoms with E-state index in [-0.39, 0.29) is 6.42 Å². The molecule has 0 amide bonds. The molecule has 1 rings (SSSR count). The molecule has 0 heterocycles. The van der Waals surface area contributed by atoms with Gasteiger partial charge in [0.1, 0.15) is 0 Å². The lowest BCUT2D eigenvalue weighted by atomic mass is 10.2. The van der Waals surface area contributed by atoms with Crippen molar-refractivity contribution in [1.82, 2.24) is 0 Å². The first-order chi connectivity index (χ1) is 8.09. The second-order valence-electron chi connectivity index (χ2n) is 4.07. The second kappa shape index (κ2) is 7.22. The maximum Gasteiger partial charge on any atom is 0.303 e. The number of carboxylic acids is 1. The van der Waals surface area contributed by atoms with Gasteiger partial charge in [0.2, 0.25) is 0 Å². The van der Waals surface area contributed by atoms with E-state index in [1.807, 2.05) is 19.1 Å². The number of hydrogen-bond acceptors (Lipinski definition) is 3. The molecule has 4 heteroatoms. The van der Waals surface area contributed by atoms with Crippen LogP contribution in [0.3, 0.4) is 0 Å². The molecule has 0 unspecified atom stereocenters. The van der Waals surface area contributed by atoms with Gasteiger partial charge in [-0.1, -0.05) is 6.42 Å². The van der Waals surface area contributed by atoms with E-state index in [9.17, 15) is 4.79 Å². The molecule has 0 aliphatic carbocycles. The van der Waals surface area contributed by atoms with Crippen LogP contribution in [0, 0.1) is 6.92 Å². The van der Waals surface area contributed by atoms with Crippen molar-refractivity contribution in [1.29, 1.82) is 0 Å². The normalized spacial score (nSPS) is 10.4.